The Labute approximate surface area is 440 Å². The highest BCUT2D eigenvalue weighted by molar-refractivity contribution is 5.71. The van der Waals surface area contributed by atoms with E-state index in [1.165, 1.54) is 154 Å². The molecule has 0 spiro atoms. The molecule has 0 saturated heterocycles. The van der Waals surface area contributed by atoms with Crippen molar-refractivity contribution >= 4 is 17.9 Å². The van der Waals surface area contributed by atoms with Crippen LogP contribution in [0.1, 0.15) is 303 Å². The molecule has 0 aromatic heterocycles. The first-order valence-electron chi connectivity index (χ1n) is 30.4. The summed E-state index contributed by atoms with van der Waals surface area (Å²) in [5.41, 5.74) is 0. The van der Waals surface area contributed by atoms with Crippen LogP contribution < -0.4 is 0 Å². The molecule has 410 valence electrons. The Morgan fingerprint density at radius 3 is 0.930 bits per heavy atom. The molecule has 6 heteroatoms. The monoisotopic (exact) mass is 991 g/mol. The van der Waals surface area contributed by atoms with E-state index in [2.05, 4.69) is 93.7 Å². The van der Waals surface area contributed by atoms with Gasteiger partial charge in [0.2, 0.25) is 0 Å². The zero-order valence-electron chi connectivity index (χ0n) is 47.0. The van der Waals surface area contributed by atoms with Gasteiger partial charge in [-0.3, -0.25) is 14.4 Å². The average Bonchev–Trinajstić information content (AvgIpc) is 3.37. The predicted molar refractivity (Wildman–Crippen MR) is 307 cm³/mol. The topological polar surface area (TPSA) is 78.9 Å². The van der Waals surface area contributed by atoms with Crippen LogP contribution in [-0.2, 0) is 28.6 Å². The third-order valence-electron chi connectivity index (χ3n) is 13.1. The highest BCUT2D eigenvalue weighted by Gasteiger charge is 2.19. The van der Waals surface area contributed by atoms with Crippen molar-refractivity contribution in [2.24, 2.45) is 0 Å². The third kappa shape index (κ3) is 57.6. The molecule has 0 aromatic carbocycles. The Morgan fingerprint density at radius 2 is 0.577 bits per heavy atom. The molecule has 0 fully saturated rings. The van der Waals surface area contributed by atoms with Crippen molar-refractivity contribution in [3.63, 3.8) is 0 Å². The zero-order chi connectivity index (χ0) is 51.4. The third-order valence-corrected chi connectivity index (χ3v) is 13.1. The molecule has 0 aliphatic rings. The summed E-state index contributed by atoms with van der Waals surface area (Å²) < 4.78 is 16.9. The van der Waals surface area contributed by atoms with Crippen LogP contribution >= 0.6 is 0 Å². The van der Waals surface area contributed by atoms with Gasteiger partial charge in [0.25, 0.3) is 0 Å². The fraction of sp³-hybridized carbons (Fsp3) is 0.769. The lowest BCUT2D eigenvalue weighted by molar-refractivity contribution is -0.167. The Morgan fingerprint density at radius 1 is 0.296 bits per heavy atom. The summed E-state index contributed by atoms with van der Waals surface area (Å²) >= 11 is 0. The zero-order valence-corrected chi connectivity index (χ0v) is 47.0. The second kappa shape index (κ2) is 59.4. The van der Waals surface area contributed by atoms with Crippen molar-refractivity contribution in [1.82, 2.24) is 0 Å². The van der Waals surface area contributed by atoms with Crippen LogP contribution in [0.15, 0.2) is 72.9 Å². The minimum absolute atomic E-state index is 0.0834. The lowest BCUT2D eigenvalue weighted by Crippen LogP contribution is -2.30. The van der Waals surface area contributed by atoms with E-state index in [4.69, 9.17) is 14.2 Å². The predicted octanol–water partition coefficient (Wildman–Crippen LogP) is 20.5. The molecular formula is C65H114O6. The first kappa shape index (κ1) is 67.8. The first-order valence-corrected chi connectivity index (χ1v) is 30.4. The maximum Gasteiger partial charge on any atom is 0.306 e. The van der Waals surface area contributed by atoms with E-state index in [0.29, 0.717) is 19.3 Å². The molecule has 0 heterocycles. The Bertz CT molecular complexity index is 1320. The number of unbranched alkanes of at least 4 members (excludes halogenated alkanes) is 32. The Balaban J connectivity index is 4.32. The normalized spacial score (nSPS) is 12.5. The van der Waals surface area contributed by atoms with Gasteiger partial charge in [-0.25, -0.2) is 0 Å². The molecule has 0 radical (unpaired) electrons. The Hall–Kier alpha value is -3.15. The van der Waals surface area contributed by atoms with Gasteiger partial charge in [0.1, 0.15) is 13.2 Å². The summed E-state index contributed by atoms with van der Waals surface area (Å²) in [6.45, 7) is 6.47. The molecule has 0 amide bonds. The average molecular weight is 992 g/mol. The van der Waals surface area contributed by atoms with Crippen molar-refractivity contribution in [3.8, 4) is 0 Å². The number of carbonyl (C=O) groups is 3. The first-order chi connectivity index (χ1) is 35.0. The van der Waals surface area contributed by atoms with Gasteiger partial charge in [0, 0.05) is 19.3 Å². The van der Waals surface area contributed by atoms with Crippen molar-refractivity contribution in [3.05, 3.63) is 72.9 Å². The second-order valence-electron chi connectivity index (χ2n) is 20.2. The summed E-state index contributed by atoms with van der Waals surface area (Å²) in [4.78, 5) is 38.2. The highest BCUT2D eigenvalue weighted by atomic mass is 16.6. The summed E-state index contributed by atoms with van der Waals surface area (Å²) in [5.74, 6) is -0.899. The summed E-state index contributed by atoms with van der Waals surface area (Å²) in [5, 5.41) is 0. The lowest BCUT2D eigenvalue weighted by atomic mass is 10.0. The molecule has 0 aliphatic heterocycles. The fourth-order valence-electron chi connectivity index (χ4n) is 8.61. The number of rotatable bonds is 55. The van der Waals surface area contributed by atoms with E-state index in [9.17, 15) is 14.4 Å². The van der Waals surface area contributed by atoms with Gasteiger partial charge in [-0.1, -0.05) is 254 Å². The van der Waals surface area contributed by atoms with E-state index in [1.807, 2.05) is 0 Å². The fourth-order valence-corrected chi connectivity index (χ4v) is 8.61. The SMILES string of the molecule is CC/C=C\C/C=C\C/C=C\CCCCCCCCCC(=O)OC(COC(=O)CCCCCCC/C=C\C/C=C\CCC)COC(=O)CCCCCCCCCCCCC/C=C\CCCCCCCCCC. The van der Waals surface area contributed by atoms with Gasteiger partial charge in [-0.05, 0) is 103 Å². The smallest absolute Gasteiger partial charge is 0.306 e. The van der Waals surface area contributed by atoms with E-state index in [0.717, 1.165) is 109 Å². The number of hydrogen-bond donors (Lipinski definition) is 0. The van der Waals surface area contributed by atoms with Crippen LogP contribution in [0.4, 0.5) is 0 Å². The van der Waals surface area contributed by atoms with Crippen molar-refractivity contribution in [1.29, 1.82) is 0 Å². The molecule has 0 rings (SSSR count). The number of allylic oxidation sites excluding steroid dienone is 12. The van der Waals surface area contributed by atoms with Crippen molar-refractivity contribution in [2.45, 2.75) is 309 Å². The van der Waals surface area contributed by atoms with Gasteiger partial charge in [0.15, 0.2) is 6.10 Å². The summed E-state index contributed by atoms with van der Waals surface area (Å²) in [6, 6.07) is 0. The number of carbonyl (C=O) groups excluding carboxylic acids is 3. The van der Waals surface area contributed by atoms with E-state index in [-0.39, 0.29) is 31.1 Å². The minimum atomic E-state index is -0.787. The standard InChI is InChI=1S/C65H114O6/c1-4-7-10-13-16-19-22-25-27-29-30-31-32-33-34-36-37-40-43-46-49-52-55-58-64(67)70-61-62(60-69-63(66)57-54-51-48-45-42-39-24-21-18-15-12-9-6-3)71-65(68)59-56-53-50-47-44-41-38-35-28-26-23-20-17-14-11-8-5-2/h8,11-12,15,17,20-21,24,26,28-30,62H,4-7,9-10,13-14,16,18-19,22-23,25,27,31-61H2,1-3H3/b11-8-,15-12-,20-17-,24-21-,28-26-,30-29-. The van der Waals surface area contributed by atoms with Crippen LogP contribution in [0.3, 0.4) is 0 Å². The van der Waals surface area contributed by atoms with Crippen LogP contribution in [0.25, 0.3) is 0 Å². The van der Waals surface area contributed by atoms with E-state index < -0.39 is 6.10 Å². The molecule has 0 bridgehead atoms. The van der Waals surface area contributed by atoms with Gasteiger partial charge in [-0.15, -0.1) is 0 Å². The highest BCUT2D eigenvalue weighted by Crippen LogP contribution is 2.16. The van der Waals surface area contributed by atoms with Crippen LogP contribution in [0, 0.1) is 0 Å². The molecule has 0 saturated carbocycles. The molecule has 0 aromatic rings. The van der Waals surface area contributed by atoms with Gasteiger partial charge >= 0.3 is 17.9 Å². The second-order valence-corrected chi connectivity index (χ2v) is 20.2. The molecule has 0 N–H and O–H groups in total. The quantitative estimate of drug-likeness (QED) is 0.0261. The van der Waals surface area contributed by atoms with Crippen molar-refractivity contribution in [2.75, 3.05) is 13.2 Å². The molecule has 6 nitrogen and oxygen atoms in total. The molecule has 1 unspecified atom stereocenters. The number of ether oxygens (including phenoxy) is 3. The molecule has 0 aliphatic carbocycles. The van der Waals surface area contributed by atoms with Crippen LogP contribution in [0.5, 0.6) is 0 Å². The van der Waals surface area contributed by atoms with Gasteiger partial charge in [0.05, 0.1) is 0 Å². The maximum absolute atomic E-state index is 12.9. The van der Waals surface area contributed by atoms with Crippen LogP contribution in [0.2, 0.25) is 0 Å². The lowest BCUT2D eigenvalue weighted by Gasteiger charge is -2.18. The molecular weight excluding hydrogens is 877 g/mol. The minimum Gasteiger partial charge on any atom is -0.462 e. The molecule has 71 heavy (non-hydrogen) atoms. The van der Waals surface area contributed by atoms with E-state index >= 15 is 0 Å². The number of hydrogen-bond acceptors (Lipinski definition) is 6. The summed E-state index contributed by atoms with van der Waals surface area (Å²) in [6.07, 6.45) is 76.2. The van der Waals surface area contributed by atoms with E-state index in [1.54, 1.807) is 0 Å². The largest absolute Gasteiger partial charge is 0.462 e. The van der Waals surface area contributed by atoms with Crippen LogP contribution in [-0.4, -0.2) is 37.2 Å². The summed E-state index contributed by atoms with van der Waals surface area (Å²) in [7, 11) is 0. The maximum atomic E-state index is 12.9. The number of esters is 3. The van der Waals surface area contributed by atoms with Gasteiger partial charge in [-0.2, -0.15) is 0 Å². The van der Waals surface area contributed by atoms with Gasteiger partial charge < -0.3 is 14.2 Å². The Kier molecular flexibility index (Phi) is 56.8. The van der Waals surface area contributed by atoms with Crippen molar-refractivity contribution < 1.29 is 28.6 Å². The molecule has 1 atom stereocenters.